The Labute approximate surface area is 45.8 Å². The van der Waals surface area contributed by atoms with E-state index in [-0.39, 0.29) is 0 Å². The smallest absolute Gasteiger partial charge is 0.198 e. The molecule has 5 heteroatoms. The highest BCUT2D eigenvalue weighted by Gasteiger charge is 2.13. The van der Waals surface area contributed by atoms with Gasteiger partial charge in [0.25, 0.3) is 0 Å². The van der Waals surface area contributed by atoms with Crippen LogP contribution in [0.2, 0.25) is 0 Å². The Morgan fingerprint density at radius 3 is 1.88 bits per heavy atom. The molecule has 0 rings (SSSR count). The van der Waals surface area contributed by atoms with Gasteiger partial charge in [0.1, 0.15) is 0 Å². The Balaban J connectivity index is 3.39. The maximum absolute atomic E-state index is 8.04. The van der Waals surface area contributed by atoms with Crippen LogP contribution < -0.4 is 0 Å². The Hall–Kier alpha value is -0.620. The minimum Gasteiger partial charge on any atom is -0.516 e. The van der Waals surface area contributed by atoms with Crippen molar-refractivity contribution in [1.29, 1.82) is 0 Å². The van der Waals surface area contributed by atoms with Gasteiger partial charge in [0, 0.05) is 6.08 Å². The molecular weight excluding hydrogens is 114 g/mol. The van der Waals surface area contributed by atoms with E-state index in [9.17, 15) is 0 Å². The van der Waals surface area contributed by atoms with Gasteiger partial charge < -0.3 is 5.11 Å². The molecule has 5 nitrogen and oxygen atoms in total. The van der Waals surface area contributed by atoms with Crippen LogP contribution in [-0.2, 0) is 0 Å². The summed E-state index contributed by atoms with van der Waals surface area (Å²) in [7, 11) is 0. The first-order valence-corrected chi connectivity index (χ1v) is 1.92. The van der Waals surface area contributed by atoms with Gasteiger partial charge in [0.2, 0.25) is 0 Å². The molecule has 4 N–H and O–H groups in total. The Morgan fingerprint density at radius 2 is 1.75 bits per heavy atom. The van der Waals surface area contributed by atoms with Crippen molar-refractivity contribution in [3.8, 4) is 0 Å². The molecule has 0 radical (unpaired) electrons. The fourth-order valence-electron chi connectivity index (χ4n) is 0.189. The lowest BCUT2D eigenvalue weighted by Crippen LogP contribution is -2.36. The van der Waals surface area contributed by atoms with E-state index in [1.54, 1.807) is 0 Å². The van der Waals surface area contributed by atoms with Crippen LogP contribution in [0.15, 0.2) is 12.3 Å². The van der Waals surface area contributed by atoms with E-state index < -0.39 is 11.5 Å². The summed E-state index contributed by atoms with van der Waals surface area (Å²) in [4.78, 5) is -2.14. The zero-order valence-electron chi connectivity index (χ0n) is 4.10. The molecule has 0 aromatic carbocycles. The zero-order valence-corrected chi connectivity index (χ0v) is 4.10. The molecule has 0 bridgehead atoms. The first-order chi connectivity index (χ1) is 3.56. The molecule has 48 valence electrons. The number of aliphatic hydroxyl groups excluding tert-OH is 1. The third-order valence-corrected chi connectivity index (χ3v) is 0.456. The number of aliphatic hydroxyl groups is 1. The van der Waals surface area contributed by atoms with Crippen LogP contribution in [0.4, 0.5) is 0 Å². The van der Waals surface area contributed by atoms with Gasteiger partial charge in [-0.2, -0.15) is 0 Å². The average molecular weight is 122 g/mol. The minimum absolute atomic E-state index is 0.462. The number of hydrogen-bond acceptors (Lipinski definition) is 4. The van der Waals surface area contributed by atoms with Crippen molar-refractivity contribution in [2.75, 3.05) is 6.54 Å². The third-order valence-electron chi connectivity index (χ3n) is 0.456. The lowest BCUT2D eigenvalue weighted by atomic mass is 10.6. The van der Waals surface area contributed by atoms with Crippen LogP contribution in [-0.4, -0.2) is 32.2 Å². The van der Waals surface area contributed by atoms with Crippen LogP contribution in [0.5, 0.6) is 0 Å². The topological polar surface area (TPSA) is 80.9 Å². The molecule has 0 aliphatic rings. The summed E-state index contributed by atoms with van der Waals surface area (Å²) < 4.78 is 0. The Kier molecular flexibility index (Phi) is 2.43. The highest BCUT2D eigenvalue weighted by Crippen LogP contribution is 1.85. The molecule has 0 heterocycles. The fourth-order valence-corrected chi connectivity index (χ4v) is 0.189. The van der Waals surface area contributed by atoms with Gasteiger partial charge in [-0.25, -0.2) is 0 Å². The van der Waals surface area contributed by atoms with Crippen molar-refractivity contribution >= 4 is 0 Å². The molecule has 0 saturated heterocycles. The van der Waals surface area contributed by atoms with E-state index in [2.05, 4.69) is 0 Å². The fraction of sp³-hybridized carbons (Fsp3) is 0.333. The van der Waals surface area contributed by atoms with Crippen LogP contribution in [0.3, 0.4) is 0 Å². The molecule has 0 atom stereocenters. The van der Waals surface area contributed by atoms with Crippen molar-refractivity contribution < 1.29 is 25.7 Å². The molecule has 0 unspecified atom stereocenters. The van der Waals surface area contributed by atoms with Crippen molar-refractivity contribution in [2.45, 2.75) is 0 Å². The summed E-state index contributed by atoms with van der Waals surface area (Å²) in [5, 5.41) is 32.0. The first-order valence-electron chi connectivity index (χ1n) is 1.92. The Morgan fingerprint density at radius 1 is 1.25 bits per heavy atom. The predicted octanol–water partition coefficient (Wildman–Crippen LogP) is 0.0425. The first kappa shape index (κ1) is 7.38. The van der Waals surface area contributed by atoms with Crippen LogP contribution >= 0.6 is 0 Å². The molecule has 0 aliphatic carbocycles. The number of hydroxylamine groups is 3. The summed E-state index contributed by atoms with van der Waals surface area (Å²) in [6.45, 7) is -0.462. The van der Waals surface area contributed by atoms with Gasteiger partial charge in [-0.1, -0.05) is 0 Å². The summed E-state index contributed by atoms with van der Waals surface area (Å²) in [5.41, 5.74) is 0. The SMILES string of the molecule is OC=CC[N+](O)(O)O. The zero-order chi connectivity index (χ0) is 6.62. The lowest BCUT2D eigenvalue weighted by Gasteiger charge is -2.06. The third kappa shape index (κ3) is 5.38. The maximum atomic E-state index is 8.04. The van der Waals surface area contributed by atoms with E-state index in [4.69, 9.17) is 20.7 Å². The van der Waals surface area contributed by atoms with Crippen molar-refractivity contribution in [2.24, 2.45) is 0 Å². The summed E-state index contributed by atoms with van der Waals surface area (Å²) in [6, 6.07) is 0. The predicted molar refractivity (Wildman–Crippen MR) is 22.3 cm³/mol. The van der Waals surface area contributed by atoms with Gasteiger partial charge in [-0.3, -0.25) is 0 Å². The number of quaternary nitrogens is 1. The molecule has 0 aromatic heterocycles. The van der Waals surface area contributed by atoms with Gasteiger partial charge in [0.15, 0.2) is 6.54 Å². The van der Waals surface area contributed by atoms with Crippen molar-refractivity contribution in [3.63, 3.8) is 0 Å². The van der Waals surface area contributed by atoms with Gasteiger partial charge in [0.05, 0.1) is 11.2 Å². The maximum Gasteiger partial charge on any atom is 0.198 e. The standard InChI is InChI=1S/C3H7NO4/c5-3-1-2-4(6,7)8/h1,3,6-8H,2H2/p+1. The second-order valence-corrected chi connectivity index (χ2v) is 1.26. The van der Waals surface area contributed by atoms with E-state index >= 15 is 0 Å². The normalized spacial score (nSPS) is 12.9. The number of rotatable bonds is 2. The second-order valence-electron chi connectivity index (χ2n) is 1.26. The minimum atomic E-state index is -2.14. The van der Waals surface area contributed by atoms with Crippen LogP contribution in [0.25, 0.3) is 0 Å². The molecule has 0 amide bonds. The van der Waals surface area contributed by atoms with E-state index in [1.165, 1.54) is 0 Å². The van der Waals surface area contributed by atoms with E-state index in [0.717, 1.165) is 6.08 Å². The molecular formula is C3H8NO4+. The van der Waals surface area contributed by atoms with Crippen LogP contribution in [0, 0.1) is 0 Å². The number of hydrogen-bond donors (Lipinski definition) is 4. The van der Waals surface area contributed by atoms with Crippen molar-refractivity contribution in [1.82, 2.24) is 0 Å². The quantitative estimate of drug-likeness (QED) is 0.237. The molecule has 0 spiro atoms. The summed E-state index contributed by atoms with van der Waals surface area (Å²) >= 11 is 0. The van der Waals surface area contributed by atoms with Gasteiger partial charge in [-0.05, 0) is 0 Å². The molecule has 8 heavy (non-hydrogen) atoms. The summed E-state index contributed by atoms with van der Waals surface area (Å²) in [5.74, 6) is 0. The molecule has 0 aromatic rings. The lowest BCUT2D eigenvalue weighted by molar-refractivity contribution is -1.36. The van der Waals surface area contributed by atoms with Crippen LogP contribution in [0.1, 0.15) is 0 Å². The van der Waals surface area contributed by atoms with Gasteiger partial charge >= 0.3 is 0 Å². The number of nitrogens with zero attached hydrogens (tertiary/aromatic N) is 1. The summed E-state index contributed by atoms with van der Waals surface area (Å²) in [6.07, 6.45) is 1.59. The average Bonchev–Trinajstić information content (AvgIpc) is 1.59. The molecule has 0 fully saturated rings. The highest BCUT2D eigenvalue weighted by atomic mass is 17.1. The Bertz CT molecular complexity index is 83.8. The molecule has 0 aliphatic heterocycles. The largest absolute Gasteiger partial charge is 0.516 e. The van der Waals surface area contributed by atoms with E-state index in [1.807, 2.05) is 0 Å². The second kappa shape index (κ2) is 2.63. The van der Waals surface area contributed by atoms with Gasteiger partial charge in [-0.15, -0.1) is 15.6 Å². The van der Waals surface area contributed by atoms with Crippen molar-refractivity contribution in [3.05, 3.63) is 12.3 Å². The van der Waals surface area contributed by atoms with E-state index in [0.29, 0.717) is 6.26 Å². The monoisotopic (exact) mass is 122 g/mol. The highest BCUT2D eigenvalue weighted by molar-refractivity contribution is 4.68. The molecule has 0 saturated carbocycles.